The lowest BCUT2D eigenvalue weighted by Gasteiger charge is -2.44. The summed E-state index contributed by atoms with van der Waals surface area (Å²) in [5.41, 5.74) is 0.672. The number of nitrogens with one attached hydrogen (secondary N) is 1. The lowest BCUT2D eigenvalue weighted by atomic mass is 9.86. The summed E-state index contributed by atoms with van der Waals surface area (Å²) in [7, 11) is 1.93. The molecule has 1 unspecified atom stereocenters. The second-order valence-corrected chi connectivity index (χ2v) is 6.30. The minimum atomic E-state index is -0.116. The van der Waals surface area contributed by atoms with Crippen LogP contribution in [0.15, 0.2) is 24.3 Å². The van der Waals surface area contributed by atoms with Gasteiger partial charge in [-0.25, -0.2) is 4.39 Å². The van der Waals surface area contributed by atoms with Crippen LogP contribution in [0, 0.1) is 5.82 Å². The van der Waals surface area contributed by atoms with Crippen molar-refractivity contribution in [3.8, 4) is 0 Å². The number of rotatable bonds is 4. The number of likely N-dealkylation sites (N-methyl/N-ethyl adjacent to an activating group) is 1. The van der Waals surface area contributed by atoms with Crippen molar-refractivity contribution in [2.24, 2.45) is 0 Å². The van der Waals surface area contributed by atoms with E-state index >= 15 is 0 Å². The van der Waals surface area contributed by atoms with Crippen LogP contribution in [0.3, 0.4) is 0 Å². The maximum Gasteiger partial charge on any atom is 0.128 e. The Morgan fingerprint density at radius 1 is 1.10 bits per heavy atom. The third-order valence-corrected chi connectivity index (χ3v) is 4.63. The molecule has 2 nitrogen and oxygen atoms in total. The van der Waals surface area contributed by atoms with Crippen molar-refractivity contribution in [3.05, 3.63) is 35.6 Å². The Morgan fingerprint density at radius 3 is 2.25 bits per heavy atom. The summed E-state index contributed by atoms with van der Waals surface area (Å²) in [6.45, 7) is 6.68. The molecule has 1 N–H and O–H groups in total. The van der Waals surface area contributed by atoms with E-state index in [0.29, 0.717) is 0 Å². The lowest BCUT2D eigenvalue weighted by Crippen LogP contribution is -2.52. The van der Waals surface area contributed by atoms with Gasteiger partial charge < -0.3 is 5.32 Å². The first kappa shape index (κ1) is 15.5. The van der Waals surface area contributed by atoms with Gasteiger partial charge in [0.2, 0.25) is 0 Å². The number of hydrogen-bond acceptors (Lipinski definition) is 2. The molecule has 0 saturated carbocycles. The van der Waals surface area contributed by atoms with Crippen molar-refractivity contribution in [2.45, 2.75) is 51.1 Å². The third-order valence-electron chi connectivity index (χ3n) is 4.63. The maximum absolute atomic E-state index is 14.1. The molecule has 0 aromatic heterocycles. The lowest BCUT2D eigenvalue weighted by molar-refractivity contribution is 0.0850. The van der Waals surface area contributed by atoms with E-state index in [1.165, 1.54) is 25.7 Å². The average molecular weight is 278 g/mol. The van der Waals surface area contributed by atoms with E-state index in [4.69, 9.17) is 0 Å². The molecule has 1 aromatic rings. The second kappa shape index (κ2) is 6.68. The van der Waals surface area contributed by atoms with Crippen LogP contribution in [0.2, 0.25) is 0 Å². The topological polar surface area (TPSA) is 15.3 Å². The van der Waals surface area contributed by atoms with E-state index in [9.17, 15) is 4.39 Å². The average Bonchev–Trinajstić information content (AvgIpc) is 2.71. The fraction of sp³-hybridized carbons (Fsp3) is 0.647. The van der Waals surface area contributed by atoms with Crippen LogP contribution in [0.1, 0.15) is 51.1 Å². The summed E-state index contributed by atoms with van der Waals surface area (Å²) < 4.78 is 14.1. The molecule has 2 rings (SSSR count). The van der Waals surface area contributed by atoms with Crippen LogP contribution in [0.5, 0.6) is 0 Å². The zero-order valence-electron chi connectivity index (χ0n) is 13.0. The standard InChI is InChI=1S/C17H27FN2/c1-17(2,20-12-8-4-5-9-13-20)16(19-3)14-10-6-7-11-15(14)18/h6-7,10-11,16,19H,4-5,8-9,12-13H2,1-3H3. The van der Waals surface area contributed by atoms with Crippen LogP contribution in [-0.2, 0) is 0 Å². The van der Waals surface area contributed by atoms with Gasteiger partial charge in [-0.1, -0.05) is 31.0 Å². The second-order valence-electron chi connectivity index (χ2n) is 6.30. The zero-order valence-corrected chi connectivity index (χ0v) is 13.0. The summed E-state index contributed by atoms with van der Waals surface area (Å²) in [6.07, 6.45) is 5.13. The van der Waals surface area contributed by atoms with E-state index in [2.05, 4.69) is 24.1 Å². The van der Waals surface area contributed by atoms with Gasteiger partial charge >= 0.3 is 0 Å². The quantitative estimate of drug-likeness (QED) is 0.902. The predicted molar refractivity (Wildman–Crippen MR) is 82.3 cm³/mol. The van der Waals surface area contributed by atoms with Crippen molar-refractivity contribution >= 4 is 0 Å². The van der Waals surface area contributed by atoms with Gasteiger partial charge in [0, 0.05) is 11.1 Å². The Bertz CT molecular complexity index is 423. The highest BCUT2D eigenvalue weighted by Crippen LogP contribution is 2.33. The molecule has 1 heterocycles. The highest BCUT2D eigenvalue weighted by atomic mass is 19.1. The summed E-state index contributed by atoms with van der Waals surface area (Å²) in [5, 5.41) is 3.34. The van der Waals surface area contributed by atoms with Crippen LogP contribution < -0.4 is 5.32 Å². The molecule has 1 atom stereocenters. The number of halogens is 1. The number of hydrogen-bond donors (Lipinski definition) is 1. The minimum Gasteiger partial charge on any atom is -0.311 e. The molecule has 1 aromatic carbocycles. The van der Waals surface area contributed by atoms with Gasteiger partial charge in [-0.05, 0) is 52.9 Å². The summed E-state index contributed by atoms with van der Waals surface area (Å²) in [4.78, 5) is 2.52. The smallest absolute Gasteiger partial charge is 0.128 e. The first-order chi connectivity index (χ1) is 9.57. The largest absolute Gasteiger partial charge is 0.311 e. The van der Waals surface area contributed by atoms with E-state index in [-0.39, 0.29) is 17.4 Å². The van der Waals surface area contributed by atoms with Gasteiger partial charge in [-0.15, -0.1) is 0 Å². The van der Waals surface area contributed by atoms with E-state index in [0.717, 1.165) is 18.7 Å². The number of likely N-dealkylation sites (tertiary alicyclic amines) is 1. The van der Waals surface area contributed by atoms with Gasteiger partial charge in [0.1, 0.15) is 5.82 Å². The van der Waals surface area contributed by atoms with E-state index in [1.54, 1.807) is 12.1 Å². The number of nitrogens with zero attached hydrogens (tertiary/aromatic N) is 1. The van der Waals surface area contributed by atoms with Gasteiger partial charge in [-0.3, -0.25) is 4.90 Å². The molecule has 0 spiro atoms. The van der Waals surface area contributed by atoms with Crippen LogP contribution >= 0.6 is 0 Å². The Labute approximate surface area is 122 Å². The number of benzene rings is 1. The van der Waals surface area contributed by atoms with E-state index < -0.39 is 0 Å². The van der Waals surface area contributed by atoms with Crippen molar-refractivity contribution in [1.29, 1.82) is 0 Å². The Kier molecular flexibility index (Phi) is 5.17. The molecular weight excluding hydrogens is 251 g/mol. The molecule has 0 aliphatic carbocycles. The molecule has 1 fully saturated rings. The molecule has 112 valence electrons. The molecule has 3 heteroatoms. The highest BCUT2D eigenvalue weighted by Gasteiger charge is 2.36. The Hall–Kier alpha value is -0.930. The monoisotopic (exact) mass is 278 g/mol. The van der Waals surface area contributed by atoms with Gasteiger partial charge in [-0.2, -0.15) is 0 Å². The Morgan fingerprint density at radius 2 is 1.70 bits per heavy atom. The van der Waals surface area contributed by atoms with Crippen molar-refractivity contribution in [2.75, 3.05) is 20.1 Å². The molecule has 0 bridgehead atoms. The SMILES string of the molecule is CNC(c1ccccc1F)C(C)(C)N1CCCCCC1. The van der Waals surface area contributed by atoms with Crippen molar-refractivity contribution in [3.63, 3.8) is 0 Å². The summed E-state index contributed by atoms with van der Waals surface area (Å²) in [5.74, 6) is -0.116. The summed E-state index contributed by atoms with van der Waals surface area (Å²) >= 11 is 0. The Balaban J connectivity index is 2.26. The van der Waals surface area contributed by atoms with Crippen LogP contribution in [-0.4, -0.2) is 30.6 Å². The van der Waals surface area contributed by atoms with E-state index in [1.807, 2.05) is 19.2 Å². The van der Waals surface area contributed by atoms with Crippen molar-refractivity contribution < 1.29 is 4.39 Å². The minimum absolute atomic E-state index is 0.00167. The normalized spacial score (nSPS) is 19.6. The first-order valence-corrected chi connectivity index (χ1v) is 7.74. The molecule has 1 aliphatic rings. The molecule has 1 aliphatic heterocycles. The van der Waals surface area contributed by atoms with Crippen LogP contribution in [0.4, 0.5) is 4.39 Å². The van der Waals surface area contributed by atoms with Crippen LogP contribution in [0.25, 0.3) is 0 Å². The van der Waals surface area contributed by atoms with Gasteiger partial charge in [0.15, 0.2) is 0 Å². The van der Waals surface area contributed by atoms with Gasteiger partial charge in [0.05, 0.1) is 6.04 Å². The molecular formula is C17H27FN2. The highest BCUT2D eigenvalue weighted by molar-refractivity contribution is 5.24. The zero-order chi connectivity index (χ0) is 14.6. The maximum atomic E-state index is 14.1. The van der Waals surface area contributed by atoms with Crippen molar-refractivity contribution in [1.82, 2.24) is 10.2 Å². The third kappa shape index (κ3) is 3.21. The van der Waals surface area contributed by atoms with Gasteiger partial charge in [0.25, 0.3) is 0 Å². The summed E-state index contributed by atoms with van der Waals surface area (Å²) in [6, 6.07) is 7.13. The fourth-order valence-electron chi connectivity index (χ4n) is 3.43. The molecule has 0 radical (unpaired) electrons. The fourth-order valence-corrected chi connectivity index (χ4v) is 3.43. The molecule has 20 heavy (non-hydrogen) atoms. The first-order valence-electron chi connectivity index (χ1n) is 7.74. The molecule has 0 amide bonds. The predicted octanol–water partition coefficient (Wildman–Crippen LogP) is 3.74. The molecule has 1 saturated heterocycles.